The molecule has 1 amide bonds. The van der Waals surface area contributed by atoms with Gasteiger partial charge in [0.2, 0.25) is 0 Å². The van der Waals surface area contributed by atoms with Crippen molar-refractivity contribution in [3.63, 3.8) is 0 Å². The molecule has 2 aliphatic heterocycles. The highest BCUT2D eigenvalue weighted by molar-refractivity contribution is 5.98. The summed E-state index contributed by atoms with van der Waals surface area (Å²) in [5, 5.41) is 16.0. The fourth-order valence-corrected chi connectivity index (χ4v) is 3.02. The predicted molar refractivity (Wildman–Crippen MR) is 86.1 cm³/mol. The van der Waals surface area contributed by atoms with Crippen LogP contribution in [0, 0.1) is 12.8 Å². The number of rotatable bonds is 3. The van der Waals surface area contributed by atoms with Gasteiger partial charge in [0, 0.05) is 25.4 Å². The van der Waals surface area contributed by atoms with Gasteiger partial charge < -0.3 is 25.2 Å². The zero-order chi connectivity index (χ0) is 16.2. The van der Waals surface area contributed by atoms with Crippen molar-refractivity contribution >= 4 is 5.91 Å². The van der Waals surface area contributed by atoms with E-state index >= 15 is 0 Å². The lowest BCUT2D eigenvalue weighted by Crippen LogP contribution is -2.45. The third-order valence-electron chi connectivity index (χ3n) is 4.45. The van der Waals surface area contributed by atoms with Gasteiger partial charge in [0.15, 0.2) is 11.5 Å². The van der Waals surface area contributed by atoms with Crippen LogP contribution >= 0.6 is 0 Å². The van der Waals surface area contributed by atoms with E-state index in [1.54, 1.807) is 6.07 Å². The Labute approximate surface area is 136 Å². The average Bonchev–Trinajstić information content (AvgIpc) is 2.81. The van der Waals surface area contributed by atoms with Crippen molar-refractivity contribution in [3.8, 4) is 11.5 Å². The highest BCUT2D eigenvalue weighted by Crippen LogP contribution is 2.36. The van der Waals surface area contributed by atoms with Crippen LogP contribution in [0.2, 0.25) is 0 Å². The molecule has 0 saturated carbocycles. The normalized spacial score (nSPS) is 23.9. The lowest BCUT2D eigenvalue weighted by Gasteiger charge is -2.28. The summed E-state index contributed by atoms with van der Waals surface area (Å²) < 4.78 is 11.5. The van der Waals surface area contributed by atoms with Crippen LogP contribution in [0.25, 0.3) is 0 Å². The highest BCUT2D eigenvalue weighted by atomic mass is 16.5. The number of aryl methyl sites for hydroxylation is 1. The fourth-order valence-electron chi connectivity index (χ4n) is 3.02. The number of carbonyl (C=O) groups is 1. The summed E-state index contributed by atoms with van der Waals surface area (Å²) in [6, 6.07) is 3.65. The molecule has 1 aromatic carbocycles. The maximum Gasteiger partial charge on any atom is 0.255 e. The Hall–Kier alpha value is -1.79. The summed E-state index contributed by atoms with van der Waals surface area (Å²) in [4.78, 5) is 12.5. The molecule has 0 aromatic heterocycles. The van der Waals surface area contributed by atoms with Crippen molar-refractivity contribution < 1.29 is 19.4 Å². The molecule has 1 fully saturated rings. The van der Waals surface area contributed by atoms with Crippen LogP contribution in [-0.2, 0) is 0 Å². The minimum absolute atomic E-state index is 0.0846. The number of benzene rings is 1. The van der Waals surface area contributed by atoms with Crippen LogP contribution in [0.15, 0.2) is 12.1 Å². The van der Waals surface area contributed by atoms with Gasteiger partial charge in [-0.1, -0.05) is 6.07 Å². The molecule has 0 bridgehead atoms. The average molecular weight is 320 g/mol. The molecule has 6 nitrogen and oxygen atoms in total. The SMILES string of the molecule is Cc1ccc(C(=O)NC[C@@H]2CCNC[C@H]2O)c2c1OCCCO2. The molecule has 2 aliphatic rings. The minimum Gasteiger partial charge on any atom is -0.489 e. The number of β-amino-alcohol motifs (C(OH)–C–C–N with tert-alkyl or cyclic N) is 1. The van der Waals surface area contributed by atoms with Gasteiger partial charge in [-0.3, -0.25) is 4.79 Å². The molecule has 0 unspecified atom stereocenters. The van der Waals surface area contributed by atoms with E-state index in [0.29, 0.717) is 43.4 Å². The fraction of sp³-hybridized carbons (Fsp3) is 0.588. The number of carbonyl (C=O) groups excluding carboxylic acids is 1. The zero-order valence-electron chi connectivity index (χ0n) is 13.4. The number of nitrogens with one attached hydrogen (secondary N) is 2. The number of piperidine rings is 1. The van der Waals surface area contributed by atoms with Gasteiger partial charge in [0.05, 0.1) is 24.9 Å². The second kappa shape index (κ2) is 7.19. The van der Waals surface area contributed by atoms with Crippen molar-refractivity contribution in [3.05, 3.63) is 23.3 Å². The number of aliphatic hydroxyl groups is 1. The van der Waals surface area contributed by atoms with E-state index in [4.69, 9.17) is 9.47 Å². The molecule has 23 heavy (non-hydrogen) atoms. The minimum atomic E-state index is -0.418. The van der Waals surface area contributed by atoms with Crippen molar-refractivity contribution in [2.75, 3.05) is 32.8 Å². The van der Waals surface area contributed by atoms with E-state index in [1.165, 1.54) is 0 Å². The highest BCUT2D eigenvalue weighted by Gasteiger charge is 2.25. The number of fused-ring (bicyclic) bond motifs is 1. The van der Waals surface area contributed by atoms with Gasteiger partial charge in [-0.25, -0.2) is 0 Å². The zero-order valence-corrected chi connectivity index (χ0v) is 13.4. The van der Waals surface area contributed by atoms with Crippen molar-refractivity contribution in [2.24, 2.45) is 5.92 Å². The number of hydrogen-bond acceptors (Lipinski definition) is 5. The van der Waals surface area contributed by atoms with Crippen LogP contribution in [0.4, 0.5) is 0 Å². The molecule has 0 radical (unpaired) electrons. The summed E-state index contributed by atoms with van der Waals surface area (Å²) >= 11 is 0. The number of ether oxygens (including phenoxy) is 2. The summed E-state index contributed by atoms with van der Waals surface area (Å²) in [6.07, 6.45) is 1.24. The largest absolute Gasteiger partial charge is 0.489 e. The molecule has 1 aromatic rings. The Morgan fingerprint density at radius 3 is 2.91 bits per heavy atom. The van der Waals surface area contributed by atoms with Crippen LogP contribution in [-0.4, -0.2) is 50.0 Å². The van der Waals surface area contributed by atoms with Gasteiger partial charge in [0.25, 0.3) is 5.91 Å². The first kappa shape index (κ1) is 16.1. The molecule has 2 heterocycles. The van der Waals surface area contributed by atoms with E-state index in [9.17, 15) is 9.90 Å². The van der Waals surface area contributed by atoms with Crippen LogP contribution in [0.1, 0.15) is 28.8 Å². The van der Waals surface area contributed by atoms with Crippen LogP contribution < -0.4 is 20.1 Å². The second-order valence-electron chi connectivity index (χ2n) is 6.17. The summed E-state index contributed by atoms with van der Waals surface area (Å²) in [6.45, 7) is 5.00. The smallest absolute Gasteiger partial charge is 0.255 e. The topological polar surface area (TPSA) is 79.8 Å². The van der Waals surface area contributed by atoms with Crippen LogP contribution in [0.3, 0.4) is 0 Å². The molecule has 2 atom stereocenters. The maximum atomic E-state index is 12.5. The number of aliphatic hydroxyl groups excluding tert-OH is 1. The lowest BCUT2D eigenvalue weighted by molar-refractivity contribution is 0.0752. The predicted octanol–water partition coefficient (Wildman–Crippen LogP) is 0.857. The van der Waals surface area contributed by atoms with E-state index < -0.39 is 6.10 Å². The van der Waals surface area contributed by atoms with Gasteiger partial charge in [0.1, 0.15) is 0 Å². The Kier molecular flexibility index (Phi) is 5.03. The van der Waals surface area contributed by atoms with E-state index in [2.05, 4.69) is 10.6 Å². The van der Waals surface area contributed by atoms with Gasteiger partial charge >= 0.3 is 0 Å². The Bertz CT molecular complexity index is 576. The molecule has 126 valence electrons. The first-order valence-electron chi connectivity index (χ1n) is 8.23. The summed E-state index contributed by atoms with van der Waals surface area (Å²) in [5.74, 6) is 1.10. The lowest BCUT2D eigenvalue weighted by atomic mass is 9.95. The van der Waals surface area contributed by atoms with Gasteiger partial charge in [-0.2, -0.15) is 0 Å². The van der Waals surface area contributed by atoms with E-state index in [1.807, 2.05) is 13.0 Å². The van der Waals surface area contributed by atoms with Gasteiger partial charge in [-0.15, -0.1) is 0 Å². The standard InChI is InChI=1S/C17H24N2O4/c1-11-3-4-13(16-15(11)22-7-2-8-23-16)17(21)19-9-12-5-6-18-10-14(12)20/h3-4,12,14,18,20H,2,5-10H2,1H3,(H,19,21)/t12-,14+/m0/s1. The molecule has 0 aliphatic carbocycles. The summed E-state index contributed by atoms with van der Waals surface area (Å²) in [7, 11) is 0. The maximum absolute atomic E-state index is 12.5. The van der Waals surface area contributed by atoms with Crippen LogP contribution in [0.5, 0.6) is 11.5 Å². The second-order valence-corrected chi connectivity index (χ2v) is 6.17. The third kappa shape index (κ3) is 3.59. The van der Waals surface area contributed by atoms with Crippen molar-refractivity contribution in [1.82, 2.24) is 10.6 Å². The van der Waals surface area contributed by atoms with E-state index in [-0.39, 0.29) is 11.8 Å². The molecule has 1 saturated heterocycles. The van der Waals surface area contributed by atoms with Crippen molar-refractivity contribution in [2.45, 2.75) is 25.9 Å². The molecule has 6 heteroatoms. The Balaban J connectivity index is 1.72. The molecular weight excluding hydrogens is 296 g/mol. The monoisotopic (exact) mass is 320 g/mol. The van der Waals surface area contributed by atoms with Crippen molar-refractivity contribution in [1.29, 1.82) is 0 Å². The van der Waals surface area contributed by atoms with Gasteiger partial charge in [-0.05, 0) is 31.5 Å². The molecule has 0 spiro atoms. The summed E-state index contributed by atoms with van der Waals surface area (Å²) in [5.41, 5.74) is 1.46. The quantitative estimate of drug-likeness (QED) is 0.770. The third-order valence-corrected chi connectivity index (χ3v) is 4.45. The first-order valence-corrected chi connectivity index (χ1v) is 8.23. The first-order chi connectivity index (χ1) is 11.2. The van der Waals surface area contributed by atoms with E-state index in [0.717, 1.165) is 24.9 Å². The number of amides is 1. The Morgan fingerprint density at radius 1 is 1.35 bits per heavy atom. The number of hydrogen-bond donors (Lipinski definition) is 3. The molecular formula is C17H24N2O4. The molecule has 3 rings (SSSR count). The Morgan fingerprint density at radius 2 is 2.13 bits per heavy atom. The molecule has 3 N–H and O–H groups in total.